The van der Waals surface area contributed by atoms with Gasteiger partial charge in [0.1, 0.15) is 12.4 Å². The molecule has 0 saturated heterocycles. The average molecular weight is 313 g/mol. The summed E-state index contributed by atoms with van der Waals surface area (Å²) in [7, 11) is 0. The zero-order valence-electron chi connectivity index (χ0n) is 10.3. The number of alkyl halides is 6. The van der Waals surface area contributed by atoms with Crippen molar-refractivity contribution in [1.82, 2.24) is 5.32 Å². The lowest BCUT2D eigenvalue weighted by Crippen LogP contribution is -2.48. The number of halogens is 6. The minimum Gasteiger partial charge on any atom is -0.491 e. The minimum atomic E-state index is -5.05. The third-order valence-electron chi connectivity index (χ3n) is 2.89. The predicted molar refractivity (Wildman–Crippen MR) is 58.6 cm³/mol. The fraction of sp³-hybridized carbons (Fsp3) is 0.417. The molecule has 0 bridgehead atoms. The van der Waals surface area contributed by atoms with Crippen LogP contribution in [-0.2, 0) is 17.4 Å². The van der Waals surface area contributed by atoms with Gasteiger partial charge >= 0.3 is 18.3 Å². The first-order valence-corrected chi connectivity index (χ1v) is 5.78. The molecule has 0 saturated carbocycles. The number of benzene rings is 1. The number of nitrogens with one attached hydrogen (secondary N) is 1. The summed E-state index contributed by atoms with van der Waals surface area (Å²) >= 11 is 0. The van der Waals surface area contributed by atoms with Crippen molar-refractivity contribution in [3.8, 4) is 5.75 Å². The van der Waals surface area contributed by atoms with E-state index in [2.05, 4.69) is 0 Å². The first-order valence-electron chi connectivity index (χ1n) is 5.78. The van der Waals surface area contributed by atoms with E-state index in [9.17, 15) is 31.1 Å². The minimum absolute atomic E-state index is 0.101. The van der Waals surface area contributed by atoms with E-state index >= 15 is 0 Å². The molecule has 1 atom stereocenters. The Morgan fingerprint density at radius 1 is 1.19 bits per heavy atom. The highest BCUT2D eigenvalue weighted by molar-refractivity contribution is 5.82. The van der Waals surface area contributed by atoms with Crippen LogP contribution in [0.2, 0.25) is 0 Å². The fourth-order valence-corrected chi connectivity index (χ4v) is 1.93. The van der Waals surface area contributed by atoms with Gasteiger partial charge in [0, 0.05) is 0 Å². The van der Waals surface area contributed by atoms with Crippen molar-refractivity contribution in [2.24, 2.45) is 0 Å². The van der Waals surface area contributed by atoms with E-state index in [1.165, 1.54) is 0 Å². The highest BCUT2D eigenvalue weighted by Crippen LogP contribution is 2.34. The molecule has 1 unspecified atom stereocenters. The van der Waals surface area contributed by atoms with E-state index in [0.717, 1.165) is 18.2 Å². The quantitative estimate of drug-likeness (QED) is 0.810. The van der Waals surface area contributed by atoms with Crippen molar-refractivity contribution in [1.29, 1.82) is 0 Å². The van der Waals surface area contributed by atoms with Crippen molar-refractivity contribution < 1.29 is 35.9 Å². The molecule has 0 radical (unpaired) electrons. The van der Waals surface area contributed by atoms with Crippen LogP contribution in [-0.4, -0.2) is 24.7 Å². The maximum atomic E-state index is 12.6. The Balaban J connectivity index is 2.14. The first kappa shape index (κ1) is 15.5. The molecule has 116 valence electrons. The summed E-state index contributed by atoms with van der Waals surface area (Å²) in [5.74, 6) is -1.98. The Morgan fingerprint density at radius 2 is 1.86 bits per heavy atom. The van der Waals surface area contributed by atoms with Gasteiger partial charge in [0.2, 0.25) is 0 Å². The lowest BCUT2D eigenvalue weighted by molar-refractivity contribution is -0.174. The summed E-state index contributed by atoms with van der Waals surface area (Å²) in [5, 5.41) is 1.69. The lowest BCUT2D eigenvalue weighted by atomic mass is 10.00. The summed E-state index contributed by atoms with van der Waals surface area (Å²) in [5.41, 5.74) is -0.823. The normalized spacial score (nSPS) is 18.7. The molecule has 1 N–H and O–H groups in total. The molecule has 9 heteroatoms. The van der Waals surface area contributed by atoms with Crippen molar-refractivity contribution in [2.45, 2.75) is 24.8 Å². The van der Waals surface area contributed by atoms with Crippen molar-refractivity contribution in [3.63, 3.8) is 0 Å². The number of hydrogen-bond donors (Lipinski definition) is 1. The molecule has 3 nitrogen and oxygen atoms in total. The fourth-order valence-electron chi connectivity index (χ4n) is 1.93. The maximum Gasteiger partial charge on any atom is 0.471 e. The van der Waals surface area contributed by atoms with Gasteiger partial charge in [-0.3, -0.25) is 4.79 Å². The molecule has 0 fully saturated rings. The summed E-state index contributed by atoms with van der Waals surface area (Å²) < 4.78 is 79.1. The predicted octanol–water partition coefficient (Wildman–Crippen LogP) is 2.69. The Labute approximate surface area is 114 Å². The van der Waals surface area contributed by atoms with Gasteiger partial charge in [-0.1, -0.05) is 0 Å². The van der Waals surface area contributed by atoms with Gasteiger partial charge < -0.3 is 10.1 Å². The molecular formula is C12H9F6NO2. The van der Waals surface area contributed by atoms with Gasteiger partial charge in [0.25, 0.3) is 0 Å². The van der Waals surface area contributed by atoms with Crippen LogP contribution < -0.4 is 10.1 Å². The average Bonchev–Trinajstić information content (AvgIpc) is 2.35. The molecule has 1 aliphatic heterocycles. The smallest absolute Gasteiger partial charge is 0.471 e. The summed E-state index contributed by atoms with van der Waals surface area (Å²) in [6.07, 6.45) is -9.77. The molecule has 0 aliphatic carbocycles. The van der Waals surface area contributed by atoms with E-state index in [1.54, 1.807) is 5.32 Å². The van der Waals surface area contributed by atoms with E-state index in [0.29, 0.717) is 0 Å². The van der Waals surface area contributed by atoms with Crippen LogP contribution >= 0.6 is 0 Å². The molecule has 1 aromatic carbocycles. The Morgan fingerprint density at radius 3 is 2.43 bits per heavy atom. The number of carbonyl (C=O) groups is 1. The van der Waals surface area contributed by atoms with Crippen LogP contribution in [0.5, 0.6) is 5.75 Å². The Hall–Kier alpha value is -1.93. The summed E-state index contributed by atoms with van der Waals surface area (Å²) in [6, 6.07) is 1.71. The van der Waals surface area contributed by atoms with E-state index in [4.69, 9.17) is 4.74 Å². The third kappa shape index (κ3) is 3.59. The molecule has 2 rings (SSSR count). The number of carbonyl (C=O) groups excluding carboxylic acids is 1. The molecule has 1 heterocycles. The molecule has 1 amide bonds. The molecule has 1 aliphatic rings. The van der Waals surface area contributed by atoms with Crippen LogP contribution in [0.4, 0.5) is 26.3 Å². The van der Waals surface area contributed by atoms with Crippen LogP contribution in [0.1, 0.15) is 11.1 Å². The third-order valence-corrected chi connectivity index (χ3v) is 2.89. The molecule has 21 heavy (non-hydrogen) atoms. The van der Waals surface area contributed by atoms with Gasteiger partial charge in [-0.15, -0.1) is 0 Å². The maximum absolute atomic E-state index is 12.6. The molecular weight excluding hydrogens is 304 g/mol. The second-order valence-corrected chi connectivity index (χ2v) is 4.50. The number of fused-ring (bicyclic) bond motifs is 1. The van der Waals surface area contributed by atoms with Crippen molar-refractivity contribution in [2.75, 3.05) is 6.61 Å². The Kier molecular flexibility index (Phi) is 3.77. The van der Waals surface area contributed by atoms with Gasteiger partial charge in [0.05, 0.1) is 11.6 Å². The van der Waals surface area contributed by atoms with Gasteiger partial charge in [-0.2, -0.15) is 26.3 Å². The highest BCUT2D eigenvalue weighted by atomic mass is 19.4. The topological polar surface area (TPSA) is 38.3 Å². The monoisotopic (exact) mass is 313 g/mol. The van der Waals surface area contributed by atoms with E-state index < -0.39 is 29.9 Å². The number of hydrogen-bond acceptors (Lipinski definition) is 2. The van der Waals surface area contributed by atoms with Gasteiger partial charge in [0.15, 0.2) is 0 Å². The van der Waals surface area contributed by atoms with Crippen LogP contribution in [0.3, 0.4) is 0 Å². The highest BCUT2D eigenvalue weighted by Gasteiger charge is 2.40. The van der Waals surface area contributed by atoms with Crippen LogP contribution in [0.25, 0.3) is 0 Å². The zero-order valence-corrected chi connectivity index (χ0v) is 10.3. The lowest BCUT2D eigenvalue weighted by Gasteiger charge is -2.27. The van der Waals surface area contributed by atoms with Gasteiger partial charge in [-0.25, -0.2) is 0 Å². The van der Waals surface area contributed by atoms with Gasteiger partial charge in [-0.05, 0) is 30.2 Å². The summed E-state index contributed by atoms with van der Waals surface area (Å²) in [6.45, 7) is -0.236. The molecule has 0 spiro atoms. The SMILES string of the molecule is O=C(NC1COc2ccc(C(F)(F)F)cc2C1)C(F)(F)F. The van der Waals surface area contributed by atoms with Crippen LogP contribution in [0.15, 0.2) is 18.2 Å². The number of amides is 1. The molecule has 1 aromatic rings. The largest absolute Gasteiger partial charge is 0.491 e. The van der Waals surface area contributed by atoms with E-state index in [-0.39, 0.29) is 24.3 Å². The van der Waals surface area contributed by atoms with Crippen molar-refractivity contribution in [3.05, 3.63) is 29.3 Å². The number of rotatable bonds is 1. The standard InChI is InChI=1S/C12H9F6NO2/c13-11(14,15)7-1-2-9-6(3-7)4-8(5-21-9)19-10(20)12(16,17)18/h1-3,8H,4-5H2,(H,19,20). The second-order valence-electron chi connectivity index (χ2n) is 4.50. The number of ether oxygens (including phenoxy) is 1. The summed E-state index contributed by atoms with van der Waals surface area (Å²) in [4.78, 5) is 10.8. The van der Waals surface area contributed by atoms with Crippen LogP contribution in [0, 0.1) is 0 Å². The zero-order chi connectivity index (χ0) is 15.8. The Bertz CT molecular complexity index is 552. The molecule has 0 aromatic heterocycles. The van der Waals surface area contributed by atoms with Crippen molar-refractivity contribution >= 4 is 5.91 Å². The second kappa shape index (κ2) is 5.12. The van der Waals surface area contributed by atoms with E-state index in [1.807, 2.05) is 0 Å². The first-order chi connectivity index (χ1) is 9.57.